The molecule has 0 unspecified atom stereocenters. The summed E-state index contributed by atoms with van der Waals surface area (Å²) in [5, 5.41) is 13.0. The van der Waals surface area contributed by atoms with E-state index in [1.807, 2.05) is 49.4 Å². The number of fused-ring (bicyclic) bond motifs is 3. The lowest BCUT2D eigenvalue weighted by atomic mass is 10.0. The van der Waals surface area contributed by atoms with Crippen LogP contribution in [-0.2, 0) is 11.3 Å². The number of phenolic OH excluding ortho intramolecular Hbond substituents is 1. The maximum Gasteiger partial charge on any atom is 0.340 e. The van der Waals surface area contributed by atoms with Crippen molar-refractivity contribution in [2.24, 2.45) is 0 Å². The molecule has 0 aliphatic carbocycles. The van der Waals surface area contributed by atoms with Crippen molar-refractivity contribution >= 4 is 39.4 Å². The van der Waals surface area contributed by atoms with E-state index in [4.69, 9.17) is 4.74 Å². The normalized spacial score (nSPS) is 11.2. The first-order valence-electron chi connectivity index (χ1n) is 9.70. The minimum atomic E-state index is -0.348. The lowest BCUT2D eigenvalue weighted by Crippen LogP contribution is -2.08. The molecule has 4 nitrogen and oxygen atoms in total. The summed E-state index contributed by atoms with van der Waals surface area (Å²) in [5.41, 5.74) is 2.36. The first-order chi connectivity index (χ1) is 14.1. The maximum absolute atomic E-state index is 12.7. The van der Waals surface area contributed by atoms with Crippen molar-refractivity contribution in [3.8, 4) is 5.75 Å². The van der Waals surface area contributed by atoms with Crippen LogP contribution >= 0.6 is 11.8 Å². The van der Waals surface area contributed by atoms with Gasteiger partial charge in [0.1, 0.15) is 5.75 Å². The molecule has 1 heterocycles. The molecular weight excluding hydrogens is 382 g/mol. The second-order valence-corrected chi connectivity index (χ2v) is 8.00. The largest absolute Gasteiger partial charge is 0.507 e. The number of hydrogen-bond donors (Lipinski definition) is 1. The SMILES string of the molecule is CCOC(=O)c1c(C)n(CCSc2ccccc2)c2c1cc(O)c1ccccc12. The van der Waals surface area contributed by atoms with Crippen LogP contribution in [0.5, 0.6) is 5.75 Å². The predicted octanol–water partition coefficient (Wildman–Crippen LogP) is 5.78. The van der Waals surface area contributed by atoms with Gasteiger partial charge < -0.3 is 14.4 Å². The minimum Gasteiger partial charge on any atom is -0.507 e. The molecule has 0 aliphatic heterocycles. The fraction of sp³-hybridized carbons (Fsp3) is 0.208. The van der Waals surface area contributed by atoms with Crippen molar-refractivity contribution in [1.82, 2.24) is 4.57 Å². The molecular formula is C24H23NO3S. The van der Waals surface area contributed by atoms with E-state index in [-0.39, 0.29) is 11.7 Å². The zero-order valence-corrected chi connectivity index (χ0v) is 17.3. The molecule has 0 fully saturated rings. The summed E-state index contributed by atoms with van der Waals surface area (Å²) in [4.78, 5) is 13.9. The molecule has 1 N–H and O–H groups in total. The van der Waals surface area contributed by atoms with Crippen LogP contribution in [0.25, 0.3) is 21.7 Å². The molecule has 0 atom stereocenters. The zero-order valence-electron chi connectivity index (χ0n) is 16.5. The van der Waals surface area contributed by atoms with Crippen molar-refractivity contribution in [3.05, 3.63) is 71.9 Å². The number of aromatic hydroxyl groups is 1. The second kappa shape index (κ2) is 8.21. The Labute approximate surface area is 174 Å². The monoisotopic (exact) mass is 405 g/mol. The van der Waals surface area contributed by atoms with Crippen molar-refractivity contribution in [1.29, 1.82) is 0 Å². The van der Waals surface area contributed by atoms with Crippen LogP contribution in [0.15, 0.2) is 65.6 Å². The first-order valence-corrected chi connectivity index (χ1v) is 10.7. The highest BCUT2D eigenvalue weighted by atomic mass is 32.2. The Morgan fingerprint density at radius 2 is 1.72 bits per heavy atom. The molecule has 29 heavy (non-hydrogen) atoms. The van der Waals surface area contributed by atoms with Gasteiger partial charge in [0.15, 0.2) is 0 Å². The van der Waals surface area contributed by atoms with Crippen LogP contribution in [0.2, 0.25) is 0 Å². The average molecular weight is 406 g/mol. The van der Waals surface area contributed by atoms with Crippen LogP contribution < -0.4 is 0 Å². The first kappa shape index (κ1) is 19.4. The quantitative estimate of drug-likeness (QED) is 0.326. The van der Waals surface area contributed by atoms with Gasteiger partial charge in [-0.3, -0.25) is 0 Å². The molecule has 0 aliphatic rings. The summed E-state index contributed by atoms with van der Waals surface area (Å²) < 4.78 is 7.50. The van der Waals surface area contributed by atoms with Crippen molar-refractivity contribution in [3.63, 3.8) is 0 Å². The van der Waals surface area contributed by atoms with E-state index in [1.165, 1.54) is 4.90 Å². The fourth-order valence-corrected chi connectivity index (χ4v) is 4.69. The van der Waals surface area contributed by atoms with E-state index in [9.17, 15) is 9.90 Å². The number of phenols is 1. The van der Waals surface area contributed by atoms with Gasteiger partial charge in [0, 0.05) is 39.0 Å². The number of hydrogen-bond acceptors (Lipinski definition) is 4. The van der Waals surface area contributed by atoms with Gasteiger partial charge in [-0.25, -0.2) is 4.79 Å². The summed E-state index contributed by atoms with van der Waals surface area (Å²) in [6.07, 6.45) is 0. The standard InChI is InChI=1S/C24H23NO3S/c1-3-28-24(27)22-16(2)25(13-14-29-17-9-5-4-6-10-17)23-19-12-8-7-11-18(19)21(26)15-20(22)23/h4-12,15,26H,3,13-14H2,1-2H3. The Kier molecular flexibility index (Phi) is 5.49. The van der Waals surface area contributed by atoms with Gasteiger partial charge >= 0.3 is 5.97 Å². The maximum atomic E-state index is 12.7. The Morgan fingerprint density at radius 1 is 1.03 bits per heavy atom. The topological polar surface area (TPSA) is 51.5 Å². The molecule has 4 aromatic rings. The summed E-state index contributed by atoms with van der Waals surface area (Å²) in [6, 6.07) is 19.7. The number of thioether (sulfide) groups is 1. The zero-order chi connectivity index (χ0) is 20.4. The van der Waals surface area contributed by atoms with Gasteiger partial charge in [0.05, 0.1) is 17.7 Å². The van der Waals surface area contributed by atoms with Crippen LogP contribution in [0.1, 0.15) is 23.0 Å². The molecule has 0 bridgehead atoms. The number of nitrogens with zero attached hydrogens (tertiary/aromatic N) is 1. The third kappa shape index (κ3) is 3.58. The predicted molar refractivity (Wildman–Crippen MR) is 119 cm³/mol. The Balaban J connectivity index is 1.84. The van der Waals surface area contributed by atoms with Gasteiger partial charge in [-0.15, -0.1) is 11.8 Å². The fourth-order valence-electron chi connectivity index (χ4n) is 3.83. The number of esters is 1. The Morgan fingerprint density at radius 3 is 2.45 bits per heavy atom. The van der Waals surface area contributed by atoms with Gasteiger partial charge in [0.2, 0.25) is 0 Å². The number of benzene rings is 3. The molecule has 4 rings (SSSR count). The van der Waals surface area contributed by atoms with Gasteiger partial charge in [0.25, 0.3) is 0 Å². The van der Waals surface area contributed by atoms with E-state index in [0.717, 1.165) is 39.7 Å². The average Bonchev–Trinajstić information content (AvgIpc) is 3.01. The molecule has 0 amide bonds. The second-order valence-electron chi connectivity index (χ2n) is 6.83. The van der Waals surface area contributed by atoms with E-state index < -0.39 is 0 Å². The Hall–Kier alpha value is -2.92. The molecule has 0 saturated carbocycles. The van der Waals surface area contributed by atoms with Crippen molar-refractivity contribution in [2.75, 3.05) is 12.4 Å². The summed E-state index contributed by atoms with van der Waals surface area (Å²) in [6.45, 7) is 4.81. The molecule has 1 aromatic heterocycles. The lowest BCUT2D eigenvalue weighted by Gasteiger charge is -2.11. The summed E-state index contributed by atoms with van der Waals surface area (Å²) in [7, 11) is 0. The highest BCUT2D eigenvalue weighted by Crippen LogP contribution is 2.37. The van der Waals surface area contributed by atoms with E-state index in [0.29, 0.717) is 12.2 Å². The van der Waals surface area contributed by atoms with Gasteiger partial charge in [-0.05, 0) is 32.0 Å². The number of rotatable bonds is 6. The lowest BCUT2D eigenvalue weighted by molar-refractivity contribution is 0.0527. The van der Waals surface area contributed by atoms with E-state index in [2.05, 4.69) is 16.7 Å². The third-order valence-corrected chi connectivity index (χ3v) is 6.10. The highest BCUT2D eigenvalue weighted by molar-refractivity contribution is 7.99. The molecule has 3 aromatic carbocycles. The number of aryl methyl sites for hydroxylation is 1. The molecule has 0 saturated heterocycles. The van der Waals surface area contributed by atoms with Crippen LogP contribution in [-0.4, -0.2) is 28.0 Å². The number of aromatic nitrogens is 1. The van der Waals surface area contributed by atoms with Crippen molar-refractivity contribution in [2.45, 2.75) is 25.3 Å². The summed E-state index contributed by atoms with van der Waals surface area (Å²) in [5.74, 6) is 0.695. The molecule has 0 radical (unpaired) electrons. The minimum absolute atomic E-state index is 0.175. The van der Waals surface area contributed by atoms with Crippen LogP contribution in [0.4, 0.5) is 0 Å². The number of carbonyl (C=O) groups is 1. The van der Waals surface area contributed by atoms with Crippen molar-refractivity contribution < 1.29 is 14.6 Å². The number of carbonyl (C=O) groups excluding carboxylic acids is 1. The molecule has 5 heteroatoms. The smallest absolute Gasteiger partial charge is 0.340 e. The van der Waals surface area contributed by atoms with Gasteiger partial charge in [-0.1, -0.05) is 42.5 Å². The van der Waals surface area contributed by atoms with Crippen LogP contribution in [0.3, 0.4) is 0 Å². The van der Waals surface area contributed by atoms with E-state index >= 15 is 0 Å². The van der Waals surface area contributed by atoms with E-state index in [1.54, 1.807) is 24.8 Å². The van der Waals surface area contributed by atoms with Crippen LogP contribution in [0, 0.1) is 6.92 Å². The van der Waals surface area contributed by atoms with Gasteiger partial charge in [-0.2, -0.15) is 0 Å². The number of ether oxygens (including phenoxy) is 1. The highest BCUT2D eigenvalue weighted by Gasteiger charge is 2.23. The third-order valence-electron chi connectivity index (χ3n) is 5.11. The molecule has 148 valence electrons. The molecule has 0 spiro atoms. The summed E-state index contributed by atoms with van der Waals surface area (Å²) >= 11 is 1.78. The Bertz CT molecular complexity index is 1180.